The Balaban J connectivity index is 2.82. The third kappa shape index (κ3) is 2.84. The third-order valence-corrected chi connectivity index (χ3v) is 2.80. The van der Waals surface area contributed by atoms with Crippen molar-refractivity contribution in [2.45, 2.75) is 12.8 Å². The smallest absolute Gasteiger partial charge is 0.236 e. The van der Waals surface area contributed by atoms with Crippen molar-refractivity contribution in [3.8, 4) is 0 Å². The van der Waals surface area contributed by atoms with E-state index in [2.05, 4.69) is 10.5 Å². The number of carbonyl (C=O) groups excluding carboxylic acids is 2. The summed E-state index contributed by atoms with van der Waals surface area (Å²) in [6.07, 6.45) is 0.598. The van der Waals surface area contributed by atoms with Gasteiger partial charge in [-0.05, 0) is 12.8 Å². The Morgan fingerprint density at radius 3 is 2.41 bits per heavy atom. The van der Waals surface area contributed by atoms with Gasteiger partial charge in [-0.3, -0.25) is 9.59 Å². The molecular formula is C9H16N4O4. The van der Waals surface area contributed by atoms with E-state index in [-0.39, 0.29) is 12.4 Å². The van der Waals surface area contributed by atoms with Gasteiger partial charge in [0.15, 0.2) is 5.84 Å². The van der Waals surface area contributed by atoms with E-state index in [4.69, 9.17) is 21.4 Å². The summed E-state index contributed by atoms with van der Waals surface area (Å²) >= 11 is 0. The first kappa shape index (κ1) is 13.2. The minimum absolute atomic E-state index is 0.178. The molecule has 1 heterocycles. The summed E-state index contributed by atoms with van der Waals surface area (Å²) in [4.78, 5) is 22.6. The maximum Gasteiger partial charge on any atom is 0.236 e. The fourth-order valence-electron chi connectivity index (χ4n) is 1.75. The second-order valence-electron chi connectivity index (χ2n) is 3.83. The van der Waals surface area contributed by atoms with Gasteiger partial charge in [-0.25, -0.2) is 0 Å². The first-order valence-corrected chi connectivity index (χ1v) is 5.15. The van der Waals surface area contributed by atoms with Gasteiger partial charge in [0.05, 0.1) is 6.54 Å². The molecule has 0 spiro atoms. The topological polar surface area (TPSA) is 140 Å². The number of primary amides is 1. The molecule has 0 aliphatic carbocycles. The molecule has 0 radical (unpaired) electrons. The Morgan fingerprint density at radius 1 is 1.35 bits per heavy atom. The molecule has 17 heavy (non-hydrogen) atoms. The number of carbonyl (C=O) groups is 2. The fourth-order valence-corrected chi connectivity index (χ4v) is 1.75. The highest BCUT2D eigenvalue weighted by Gasteiger charge is 2.44. The highest BCUT2D eigenvalue weighted by Crippen LogP contribution is 2.31. The molecule has 96 valence electrons. The van der Waals surface area contributed by atoms with Crippen molar-refractivity contribution < 1.29 is 19.5 Å². The summed E-state index contributed by atoms with van der Waals surface area (Å²) in [6, 6.07) is 0. The molecule has 1 aliphatic rings. The van der Waals surface area contributed by atoms with E-state index in [1.54, 1.807) is 0 Å². The van der Waals surface area contributed by atoms with Crippen LogP contribution < -0.4 is 16.8 Å². The Morgan fingerprint density at radius 2 is 1.94 bits per heavy atom. The molecule has 0 atom stereocenters. The van der Waals surface area contributed by atoms with E-state index < -0.39 is 17.2 Å². The highest BCUT2D eigenvalue weighted by atomic mass is 16.5. The van der Waals surface area contributed by atoms with Crippen molar-refractivity contribution in [3.63, 3.8) is 0 Å². The fraction of sp³-hybridized carbons (Fsp3) is 0.667. The largest absolute Gasteiger partial charge is 0.409 e. The molecule has 1 rings (SSSR count). The van der Waals surface area contributed by atoms with Gasteiger partial charge < -0.3 is 26.7 Å². The van der Waals surface area contributed by atoms with Crippen LogP contribution in [-0.2, 0) is 14.3 Å². The van der Waals surface area contributed by atoms with Gasteiger partial charge in [0.1, 0.15) is 5.41 Å². The van der Waals surface area contributed by atoms with Crippen LogP contribution in [0.2, 0.25) is 0 Å². The lowest BCUT2D eigenvalue weighted by atomic mass is 9.78. The van der Waals surface area contributed by atoms with E-state index in [1.165, 1.54) is 0 Å². The van der Waals surface area contributed by atoms with Gasteiger partial charge in [0, 0.05) is 13.2 Å². The van der Waals surface area contributed by atoms with Crippen molar-refractivity contribution in [3.05, 3.63) is 0 Å². The van der Waals surface area contributed by atoms with E-state index >= 15 is 0 Å². The van der Waals surface area contributed by atoms with Gasteiger partial charge in [-0.15, -0.1) is 0 Å². The molecule has 1 fully saturated rings. The molecule has 2 amide bonds. The predicted molar refractivity (Wildman–Crippen MR) is 58.1 cm³/mol. The lowest BCUT2D eigenvalue weighted by Crippen LogP contribution is -2.53. The minimum Gasteiger partial charge on any atom is -0.409 e. The molecule has 1 aliphatic heterocycles. The highest BCUT2D eigenvalue weighted by molar-refractivity contribution is 6.07. The van der Waals surface area contributed by atoms with Crippen LogP contribution >= 0.6 is 0 Å². The summed E-state index contributed by atoms with van der Waals surface area (Å²) in [7, 11) is 0. The van der Waals surface area contributed by atoms with Crippen molar-refractivity contribution in [1.29, 1.82) is 0 Å². The number of nitrogens with two attached hydrogens (primary N) is 2. The summed E-state index contributed by atoms with van der Waals surface area (Å²) in [5, 5.41) is 14.0. The Labute approximate surface area is 98.0 Å². The maximum atomic E-state index is 12.0. The van der Waals surface area contributed by atoms with Crippen LogP contribution in [0.1, 0.15) is 12.8 Å². The van der Waals surface area contributed by atoms with E-state index in [9.17, 15) is 9.59 Å². The number of hydrogen-bond donors (Lipinski definition) is 4. The predicted octanol–water partition coefficient (Wildman–Crippen LogP) is -1.87. The van der Waals surface area contributed by atoms with Crippen molar-refractivity contribution >= 4 is 17.6 Å². The Kier molecular flexibility index (Phi) is 4.27. The van der Waals surface area contributed by atoms with Crippen molar-refractivity contribution in [2.24, 2.45) is 22.0 Å². The number of hydrogen-bond acceptors (Lipinski definition) is 5. The van der Waals surface area contributed by atoms with Gasteiger partial charge >= 0.3 is 0 Å². The molecule has 6 N–H and O–H groups in total. The number of ether oxygens (including phenoxy) is 1. The summed E-state index contributed by atoms with van der Waals surface area (Å²) in [6.45, 7) is 0.389. The van der Waals surface area contributed by atoms with E-state index in [0.29, 0.717) is 26.1 Å². The van der Waals surface area contributed by atoms with Crippen LogP contribution in [0, 0.1) is 5.41 Å². The summed E-state index contributed by atoms with van der Waals surface area (Å²) < 4.78 is 5.13. The SMILES string of the molecule is NC(=O)CNC(=O)C1(C(N)=NO)CCOCC1. The lowest BCUT2D eigenvalue weighted by molar-refractivity contribution is -0.133. The molecule has 0 aromatic carbocycles. The normalized spacial score (nSPS) is 19.6. The third-order valence-electron chi connectivity index (χ3n) is 2.80. The number of nitrogens with one attached hydrogen (secondary N) is 1. The number of oxime groups is 1. The summed E-state index contributed by atoms with van der Waals surface area (Å²) in [5.74, 6) is -1.31. The molecular weight excluding hydrogens is 228 g/mol. The Hall–Kier alpha value is -1.83. The molecule has 1 saturated heterocycles. The minimum atomic E-state index is -1.12. The van der Waals surface area contributed by atoms with Gasteiger partial charge in [-0.1, -0.05) is 5.16 Å². The Bertz CT molecular complexity index is 336. The molecule has 8 heteroatoms. The molecule has 0 saturated carbocycles. The molecule has 0 aromatic rings. The first-order valence-electron chi connectivity index (χ1n) is 5.15. The summed E-state index contributed by atoms with van der Waals surface area (Å²) in [5.41, 5.74) is 9.37. The molecule has 0 aromatic heterocycles. The number of nitrogens with zero attached hydrogens (tertiary/aromatic N) is 1. The lowest BCUT2D eigenvalue weighted by Gasteiger charge is -2.34. The average molecular weight is 244 g/mol. The zero-order chi connectivity index (χ0) is 12.9. The van der Waals surface area contributed by atoms with Gasteiger partial charge in [-0.2, -0.15) is 0 Å². The number of amides is 2. The maximum absolute atomic E-state index is 12.0. The zero-order valence-electron chi connectivity index (χ0n) is 9.31. The first-order chi connectivity index (χ1) is 8.03. The standard InChI is InChI=1S/C9H16N4O4/c10-6(14)5-12-8(15)9(7(11)13-16)1-3-17-4-2-9/h16H,1-5H2,(H2,10,14)(H2,11,13)(H,12,15). The molecule has 0 bridgehead atoms. The van der Waals surface area contributed by atoms with Crippen molar-refractivity contribution in [1.82, 2.24) is 5.32 Å². The second kappa shape index (κ2) is 5.48. The monoisotopic (exact) mass is 244 g/mol. The second-order valence-corrected chi connectivity index (χ2v) is 3.83. The number of rotatable bonds is 4. The van der Waals surface area contributed by atoms with Crippen LogP contribution in [0.3, 0.4) is 0 Å². The quantitative estimate of drug-likeness (QED) is 0.198. The van der Waals surface area contributed by atoms with Gasteiger partial charge in [0.2, 0.25) is 11.8 Å². The van der Waals surface area contributed by atoms with Crippen LogP contribution in [0.5, 0.6) is 0 Å². The van der Waals surface area contributed by atoms with Crippen molar-refractivity contribution in [2.75, 3.05) is 19.8 Å². The van der Waals surface area contributed by atoms with Crippen LogP contribution in [0.15, 0.2) is 5.16 Å². The molecule has 0 unspecified atom stereocenters. The number of amidine groups is 1. The van der Waals surface area contributed by atoms with Crippen LogP contribution in [0.4, 0.5) is 0 Å². The zero-order valence-corrected chi connectivity index (χ0v) is 9.31. The van der Waals surface area contributed by atoms with Crippen LogP contribution in [0.25, 0.3) is 0 Å². The van der Waals surface area contributed by atoms with E-state index in [0.717, 1.165) is 0 Å². The van der Waals surface area contributed by atoms with Gasteiger partial charge in [0.25, 0.3) is 0 Å². The molecule has 8 nitrogen and oxygen atoms in total. The van der Waals surface area contributed by atoms with Crippen LogP contribution in [-0.4, -0.2) is 42.6 Å². The average Bonchev–Trinajstić information content (AvgIpc) is 2.35. The van der Waals surface area contributed by atoms with E-state index in [1.807, 2.05) is 0 Å².